The van der Waals surface area contributed by atoms with Crippen LogP contribution in [0.3, 0.4) is 0 Å². The van der Waals surface area contributed by atoms with Crippen LogP contribution in [0.15, 0.2) is 23.1 Å². The lowest BCUT2D eigenvalue weighted by Gasteiger charge is -2.16. The molecule has 0 saturated heterocycles. The lowest BCUT2D eigenvalue weighted by atomic mass is 9.92. The molecule has 0 spiro atoms. The van der Waals surface area contributed by atoms with Crippen LogP contribution in [0.25, 0.3) is 0 Å². The molecule has 3 N–H and O–H groups in total. The Morgan fingerprint density at radius 2 is 2.04 bits per heavy atom. The Morgan fingerprint density at radius 1 is 1.29 bits per heavy atom. The van der Waals surface area contributed by atoms with Crippen molar-refractivity contribution in [2.45, 2.75) is 57.0 Å². The van der Waals surface area contributed by atoms with Crippen LogP contribution in [0.1, 0.15) is 43.1 Å². The Balaban J connectivity index is 1.51. The first-order valence-corrected chi connectivity index (χ1v) is 11.3. The summed E-state index contributed by atoms with van der Waals surface area (Å²) in [5, 5.41) is 9.49. The first kappa shape index (κ1) is 20.7. The molecule has 1 amide bonds. The number of sulfonamides is 1. The normalized spacial score (nSPS) is 13.9. The Morgan fingerprint density at radius 3 is 2.79 bits per heavy atom. The molecule has 0 bridgehead atoms. The number of fused-ring (bicyclic) bond motifs is 1. The molecule has 1 heterocycles. The van der Waals surface area contributed by atoms with E-state index in [0.717, 1.165) is 31.2 Å². The highest BCUT2D eigenvalue weighted by molar-refractivity contribution is 7.89. The van der Waals surface area contributed by atoms with Crippen molar-refractivity contribution in [1.29, 1.82) is 0 Å². The van der Waals surface area contributed by atoms with Crippen molar-refractivity contribution in [3.8, 4) is 0 Å². The number of rotatable bonds is 8. The SMILES string of the molecule is CCn1c(CNC(=O)CCNS(=O)(=O)c2ccc3c(c2)CCCC3)n[nH]c1=S. The molecular weight excluding hydrogens is 398 g/mol. The van der Waals surface area contributed by atoms with Gasteiger partial charge in [-0.2, -0.15) is 5.10 Å². The molecule has 10 heteroatoms. The van der Waals surface area contributed by atoms with E-state index in [2.05, 4.69) is 20.2 Å². The van der Waals surface area contributed by atoms with Gasteiger partial charge < -0.3 is 9.88 Å². The van der Waals surface area contributed by atoms with Crippen molar-refractivity contribution in [2.75, 3.05) is 6.54 Å². The number of hydrogen-bond donors (Lipinski definition) is 3. The van der Waals surface area contributed by atoms with Gasteiger partial charge in [-0.05, 0) is 68.1 Å². The molecule has 0 radical (unpaired) electrons. The molecule has 0 unspecified atom stereocenters. The summed E-state index contributed by atoms with van der Waals surface area (Å²) in [6, 6.07) is 5.29. The second kappa shape index (κ2) is 8.97. The lowest BCUT2D eigenvalue weighted by molar-refractivity contribution is -0.121. The van der Waals surface area contributed by atoms with Crippen molar-refractivity contribution < 1.29 is 13.2 Å². The standard InChI is InChI=1S/C18H25N5O3S2/c1-2-23-16(21-22-18(23)27)12-19-17(24)9-10-20-28(25,26)15-8-7-13-5-3-4-6-14(13)11-15/h7-8,11,20H,2-6,9-10,12H2,1H3,(H,19,24)(H,22,27). The van der Waals surface area contributed by atoms with E-state index in [1.54, 1.807) is 16.7 Å². The van der Waals surface area contributed by atoms with Crippen LogP contribution in [-0.2, 0) is 40.7 Å². The number of carbonyl (C=O) groups excluding carboxylic acids is 1. The van der Waals surface area contributed by atoms with Gasteiger partial charge in [-0.1, -0.05) is 6.07 Å². The van der Waals surface area contributed by atoms with Crippen molar-refractivity contribution in [3.05, 3.63) is 39.9 Å². The van der Waals surface area contributed by atoms with E-state index in [9.17, 15) is 13.2 Å². The van der Waals surface area contributed by atoms with Crippen molar-refractivity contribution in [1.82, 2.24) is 24.8 Å². The molecule has 28 heavy (non-hydrogen) atoms. The summed E-state index contributed by atoms with van der Waals surface area (Å²) in [5.74, 6) is 0.375. The molecule has 152 valence electrons. The Labute approximate surface area is 169 Å². The monoisotopic (exact) mass is 423 g/mol. The first-order valence-electron chi connectivity index (χ1n) is 9.43. The third-order valence-corrected chi connectivity index (χ3v) is 6.64. The van der Waals surface area contributed by atoms with E-state index in [1.807, 2.05) is 13.0 Å². The minimum atomic E-state index is -3.63. The van der Waals surface area contributed by atoms with Gasteiger partial charge in [0.05, 0.1) is 11.4 Å². The average Bonchev–Trinajstić information content (AvgIpc) is 3.05. The number of benzene rings is 1. The molecule has 3 rings (SSSR count). The molecule has 0 atom stereocenters. The summed E-state index contributed by atoms with van der Waals surface area (Å²) < 4.78 is 29.8. The van der Waals surface area contributed by atoms with Gasteiger partial charge in [-0.3, -0.25) is 9.89 Å². The summed E-state index contributed by atoms with van der Waals surface area (Å²) in [5.41, 5.74) is 2.34. The minimum absolute atomic E-state index is 0.0336. The average molecular weight is 424 g/mol. The lowest BCUT2D eigenvalue weighted by Crippen LogP contribution is -2.31. The maximum Gasteiger partial charge on any atom is 0.240 e. The predicted octanol–water partition coefficient (Wildman–Crippen LogP) is 1.82. The number of carbonyl (C=O) groups is 1. The van der Waals surface area contributed by atoms with E-state index in [1.165, 1.54) is 5.56 Å². The summed E-state index contributed by atoms with van der Waals surface area (Å²) >= 11 is 5.10. The fraction of sp³-hybridized carbons (Fsp3) is 0.500. The molecule has 1 aliphatic rings. The van der Waals surface area contributed by atoms with Gasteiger partial charge in [-0.15, -0.1) is 0 Å². The first-order chi connectivity index (χ1) is 13.4. The van der Waals surface area contributed by atoms with E-state index in [4.69, 9.17) is 12.2 Å². The number of nitrogens with zero attached hydrogens (tertiary/aromatic N) is 2. The number of amides is 1. The second-order valence-electron chi connectivity index (χ2n) is 6.75. The maximum atomic E-state index is 12.5. The quantitative estimate of drug-likeness (QED) is 0.561. The van der Waals surface area contributed by atoms with E-state index in [0.29, 0.717) is 17.1 Å². The van der Waals surface area contributed by atoms with Gasteiger partial charge in [0.2, 0.25) is 15.9 Å². The van der Waals surface area contributed by atoms with Crippen LogP contribution in [0.5, 0.6) is 0 Å². The summed E-state index contributed by atoms with van der Waals surface area (Å²) in [7, 11) is -3.63. The maximum absolute atomic E-state index is 12.5. The van der Waals surface area contributed by atoms with Crippen molar-refractivity contribution >= 4 is 28.1 Å². The largest absolute Gasteiger partial charge is 0.349 e. The van der Waals surface area contributed by atoms with E-state index in [-0.39, 0.29) is 30.3 Å². The van der Waals surface area contributed by atoms with Gasteiger partial charge in [-0.25, -0.2) is 13.1 Å². The minimum Gasteiger partial charge on any atom is -0.349 e. The number of aromatic nitrogens is 3. The zero-order chi connectivity index (χ0) is 20.1. The highest BCUT2D eigenvalue weighted by Gasteiger charge is 2.18. The smallest absolute Gasteiger partial charge is 0.240 e. The number of nitrogens with one attached hydrogen (secondary N) is 3. The van der Waals surface area contributed by atoms with Crippen molar-refractivity contribution in [3.63, 3.8) is 0 Å². The zero-order valence-corrected chi connectivity index (χ0v) is 17.5. The highest BCUT2D eigenvalue weighted by atomic mass is 32.2. The van der Waals surface area contributed by atoms with E-state index >= 15 is 0 Å². The van der Waals surface area contributed by atoms with Crippen LogP contribution in [0.2, 0.25) is 0 Å². The topological polar surface area (TPSA) is 109 Å². The molecule has 1 aliphatic carbocycles. The second-order valence-corrected chi connectivity index (χ2v) is 8.91. The van der Waals surface area contributed by atoms with Crippen molar-refractivity contribution in [2.24, 2.45) is 0 Å². The molecule has 2 aromatic rings. The van der Waals surface area contributed by atoms with Gasteiger partial charge in [0.1, 0.15) is 0 Å². The van der Waals surface area contributed by atoms with Crippen LogP contribution in [0, 0.1) is 4.77 Å². The molecule has 0 fully saturated rings. The molecule has 0 aliphatic heterocycles. The zero-order valence-electron chi connectivity index (χ0n) is 15.8. The fourth-order valence-electron chi connectivity index (χ4n) is 3.34. The fourth-order valence-corrected chi connectivity index (χ4v) is 4.70. The van der Waals surface area contributed by atoms with Gasteiger partial charge >= 0.3 is 0 Å². The summed E-state index contributed by atoms with van der Waals surface area (Å²) in [6.45, 7) is 2.86. The molecule has 8 nitrogen and oxygen atoms in total. The Kier molecular flexibility index (Phi) is 6.63. The number of aromatic amines is 1. The molecule has 1 aromatic carbocycles. The van der Waals surface area contributed by atoms with Gasteiger partial charge in [0.25, 0.3) is 0 Å². The number of aryl methyl sites for hydroxylation is 2. The Hall–Kier alpha value is -2.04. The summed E-state index contributed by atoms with van der Waals surface area (Å²) in [6.07, 6.45) is 4.20. The Bertz CT molecular complexity index is 1010. The third kappa shape index (κ3) is 4.86. The number of hydrogen-bond acceptors (Lipinski definition) is 5. The third-order valence-electron chi connectivity index (χ3n) is 4.87. The molecule has 0 saturated carbocycles. The molecular formula is C18H25N5O3S2. The van der Waals surface area contributed by atoms with Crippen LogP contribution < -0.4 is 10.0 Å². The van der Waals surface area contributed by atoms with Gasteiger partial charge in [0.15, 0.2) is 10.6 Å². The van der Waals surface area contributed by atoms with Crippen LogP contribution in [-0.4, -0.2) is 35.6 Å². The summed E-state index contributed by atoms with van der Waals surface area (Å²) in [4.78, 5) is 12.3. The van der Waals surface area contributed by atoms with Gasteiger partial charge in [0, 0.05) is 19.5 Å². The number of H-pyrrole nitrogens is 1. The van der Waals surface area contributed by atoms with Crippen LogP contribution in [0.4, 0.5) is 0 Å². The molecule has 1 aromatic heterocycles. The predicted molar refractivity (Wildman–Crippen MR) is 108 cm³/mol. The van der Waals surface area contributed by atoms with E-state index < -0.39 is 10.0 Å². The van der Waals surface area contributed by atoms with Crippen LogP contribution >= 0.6 is 12.2 Å². The highest BCUT2D eigenvalue weighted by Crippen LogP contribution is 2.23.